The van der Waals surface area contributed by atoms with Crippen LogP contribution in [0.1, 0.15) is 21.5 Å². The van der Waals surface area contributed by atoms with Gasteiger partial charge in [-0.15, -0.1) is 0 Å². The highest BCUT2D eigenvalue weighted by atomic mass is 79.9. The van der Waals surface area contributed by atoms with Crippen LogP contribution in [0.5, 0.6) is 5.75 Å². The zero-order chi connectivity index (χ0) is 23.7. The summed E-state index contributed by atoms with van der Waals surface area (Å²) in [6, 6.07) is 14.4. The van der Waals surface area contributed by atoms with Crippen LogP contribution < -0.4 is 4.74 Å². The molecule has 10 heteroatoms. The first-order valence-electron chi connectivity index (χ1n) is 9.16. The predicted molar refractivity (Wildman–Crippen MR) is 135 cm³/mol. The predicted octanol–water partition coefficient (Wildman–Crippen LogP) is 7.74. The molecule has 0 radical (unpaired) electrons. The number of carbonyl (C=O) groups excluding carboxylic acids is 2. The fourth-order valence-electron chi connectivity index (χ4n) is 2.87. The number of nitrogens with zero attached hydrogens (tertiary/aromatic N) is 1. The van der Waals surface area contributed by atoms with Crippen LogP contribution in [0.4, 0.5) is 0 Å². The average Bonchev–Trinajstić information content (AvgIpc) is 3.10. The summed E-state index contributed by atoms with van der Waals surface area (Å²) < 4.78 is 12.1. The number of benzene rings is 3. The van der Waals surface area contributed by atoms with Crippen LogP contribution >= 0.6 is 66.7 Å². The maximum Gasteiger partial charge on any atom is 0.363 e. The Balaban J connectivity index is 1.71. The number of cyclic esters (lactones) is 1. The lowest BCUT2D eigenvalue weighted by atomic mass is 10.1. The number of halogens is 5. The van der Waals surface area contributed by atoms with Crippen molar-refractivity contribution in [2.75, 3.05) is 0 Å². The van der Waals surface area contributed by atoms with Gasteiger partial charge in [-0.05, 0) is 76.6 Å². The van der Waals surface area contributed by atoms with Crippen molar-refractivity contribution < 1.29 is 19.1 Å². The number of esters is 2. The van der Waals surface area contributed by atoms with Crippen LogP contribution in [-0.2, 0) is 9.53 Å². The molecule has 1 aliphatic rings. The lowest BCUT2D eigenvalue weighted by Gasteiger charge is -2.11. The molecule has 33 heavy (non-hydrogen) atoms. The van der Waals surface area contributed by atoms with E-state index in [0.29, 0.717) is 35.7 Å². The first-order valence-corrected chi connectivity index (χ1v) is 11.9. The Hall–Kier alpha value is -2.16. The van der Waals surface area contributed by atoms with Gasteiger partial charge in [-0.25, -0.2) is 14.6 Å². The lowest BCUT2D eigenvalue weighted by molar-refractivity contribution is -0.129. The third kappa shape index (κ3) is 5.50. The van der Waals surface area contributed by atoms with E-state index < -0.39 is 11.9 Å². The third-order valence-electron chi connectivity index (χ3n) is 4.39. The molecule has 166 valence electrons. The van der Waals surface area contributed by atoms with Crippen molar-refractivity contribution in [3.8, 4) is 5.75 Å². The number of rotatable bonds is 4. The topological polar surface area (TPSA) is 65.0 Å². The fraction of sp³-hybridized carbons (Fsp3) is 0. The Bertz CT molecular complexity index is 1350. The summed E-state index contributed by atoms with van der Waals surface area (Å²) in [5.74, 6) is -1.03. The normalized spacial score (nSPS) is 14.3. The number of aliphatic imine (C=N–C) groups is 1. The van der Waals surface area contributed by atoms with Crippen molar-refractivity contribution in [2.45, 2.75) is 0 Å². The van der Waals surface area contributed by atoms with Crippen molar-refractivity contribution in [3.05, 3.63) is 101 Å². The van der Waals surface area contributed by atoms with Crippen molar-refractivity contribution in [2.24, 2.45) is 4.99 Å². The van der Waals surface area contributed by atoms with E-state index in [1.165, 1.54) is 12.1 Å². The van der Waals surface area contributed by atoms with Gasteiger partial charge in [0.15, 0.2) is 11.4 Å². The molecule has 4 rings (SSSR count). The molecule has 0 atom stereocenters. The molecular weight excluding hydrogens is 620 g/mol. The zero-order valence-corrected chi connectivity index (χ0v) is 21.7. The molecule has 0 aliphatic carbocycles. The van der Waals surface area contributed by atoms with Gasteiger partial charge in [0.05, 0.1) is 20.6 Å². The van der Waals surface area contributed by atoms with E-state index in [4.69, 9.17) is 44.3 Å². The highest BCUT2D eigenvalue weighted by Crippen LogP contribution is 2.36. The first-order chi connectivity index (χ1) is 15.7. The van der Waals surface area contributed by atoms with E-state index in [2.05, 4.69) is 36.9 Å². The van der Waals surface area contributed by atoms with Crippen LogP contribution in [-0.4, -0.2) is 17.8 Å². The van der Waals surface area contributed by atoms with Gasteiger partial charge in [0, 0.05) is 20.1 Å². The number of hydrogen-bond acceptors (Lipinski definition) is 5. The van der Waals surface area contributed by atoms with Crippen molar-refractivity contribution >= 4 is 90.6 Å². The van der Waals surface area contributed by atoms with Gasteiger partial charge in [0.2, 0.25) is 5.90 Å². The van der Waals surface area contributed by atoms with E-state index in [1.807, 2.05) is 0 Å². The Labute approximate surface area is 220 Å². The molecule has 0 spiro atoms. The standard InChI is InChI=1S/C23H10Br2Cl3NO4/c24-13-7-12(20(17(25)9-13)32-22(30)11-1-3-14(26)4-2-11)8-19-23(31)33-21(29-19)16-6-5-15(27)10-18(16)28/h1-10H/b19-8-. The highest BCUT2D eigenvalue weighted by Gasteiger charge is 2.27. The molecule has 0 fully saturated rings. The molecule has 0 unspecified atom stereocenters. The molecule has 1 aliphatic heterocycles. The van der Waals surface area contributed by atoms with E-state index >= 15 is 0 Å². The minimum atomic E-state index is -0.679. The Morgan fingerprint density at radius 1 is 0.970 bits per heavy atom. The van der Waals surface area contributed by atoms with Crippen LogP contribution in [0.3, 0.4) is 0 Å². The maximum atomic E-state index is 12.7. The molecule has 0 bridgehead atoms. The number of carbonyl (C=O) groups is 2. The lowest BCUT2D eigenvalue weighted by Crippen LogP contribution is -2.10. The van der Waals surface area contributed by atoms with E-state index in [0.717, 1.165) is 0 Å². The van der Waals surface area contributed by atoms with Crippen LogP contribution in [0.2, 0.25) is 15.1 Å². The summed E-state index contributed by atoms with van der Waals surface area (Å²) in [6.07, 6.45) is 1.46. The molecule has 3 aromatic carbocycles. The van der Waals surface area contributed by atoms with Crippen LogP contribution in [0.15, 0.2) is 74.2 Å². The molecule has 5 nitrogen and oxygen atoms in total. The van der Waals surface area contributed by atoms with E-state index in [9.17, 15) is 9.59 Å². The minimum Gasteiger partial charge on any atom is -0.421 e. The van der Waals surface area contributed by atoms with Gasteiger partial charge in [0.1, 0.15) is 0 Å². The second-order valence-corrected chi connectivity index (χ2v) is 9.71. The molecule has 0 amide bonds. The summed E-state index contributed by atoms with van der Waals surface area (Å²) in [7, 11) is 0. The molecule has 0 aromatic heterocycles. The molecule has 0 N–H and O–H groups in total. The van der Waals surface area contributed by atoms with Gasteiger partial charge in [-0.1, -0.05) is 50.7 Å². The quantitative estimate of drug-likeness (QED) is 0.168. The SMILES string of the molecule is O=C1OC(c2ccc(Cl)cc2Cl)=N/C1=C\c1cc(Br)cc(Br)c1OC(=O)c1ccc(Cl)cc1. The van der Waals surface area contributed by atoms with Crippen LogP contribution in [0, 0.1) is 0 Å². The minimum absolute atomic E-state index is 0.00445. The molecule has 0 saturated carbocycles. The van der Waals surface area contributed by atoms with Crippen LogP contribution in [0.25, 0.3) is 6.08 Å². The monoisotopic (exact) mass is 627 g/mol. The fourth-order valence-corrected chi connectivity index (χ4v) is 4.82. The molecule has 1 heterocycles. The van der Waals surface area contributed by atoms with Gasteiger partial charge in [-0.3, -0.25) is 0 Å². The largest absolute Gasteiger partial charge is 0.421 e. The third-order valence-corrected chi connectivity index (χ3v) is 6.23. The molecular formula is C23H10Br2Cl3NO4. The Morgan fingerprint density at radius 3 is 2.36 bits per heavy atom. The summed E-state index contributed by atoms with van der Waals surface area (Å²) in [6.45, 7) is 0. The first kappa shape index (κ1) is 24.0. The Morgan fingerprint density at radius 2 is 1.67 bits per heavy atom. The maximum absolute atomic E-state index is 12.7. The number of ether oxygens (including phenoxy) is 2. The summed E-state index contributed by atoms with van der Waals surface area (Å²) in [5.41, 5.74) is 1.15. The van der Waals surface area contributed by atoms with Crippen molar-refractivity contribution in [3.63, 3.8) is 0 Å². The number of hydrogen-bond donors (Lipinski definition) is 0. The van der Waals surface area contributed by atoms with Gasteiger partial charge >= 0.3 is 11.9 Å². The second-order valence-electron chi connectivity index (χ2n) is 6.66. The Kier molecular flexibility index (Phi) is 7.26. The summed E-state index contributed by atoms with van der Waals surface area (Å²) in [4.78, 5) is 29.4. The van der Waals surface area contributed by atoms with Gasteiger partial charge < -0.3 is 9.47 Å². The van der Waals surface area contributed by atoms with E-state index in [-0.39, 0.29) is 22.4 Å². The zero-order valence-electron chi connectivity index (χ0n) is 16.2. The molecule has 0 saturated heterocycles. The highest BCUT2D eigenvalue weighted by molar-refractivity contribution is 9.11. The second kappa shape index (κ2) is 9.99. The van der Waals surface area contributed by atoms with Crippen molar-refractivity contribution in [1.82, 2.24) is 0 Å². The van der Waals surface area contributed by atoms with E-state index in [1.54, 1.807) is 48.5 Å². The van der Waals surface area contributed by atoms with Gasteiger partial charge in [0.25, 0.3) is 0 Å². The van der Waals surface area contributed by atoms with Gasteiger partial charge in [-0.2, -0.15) is 0 Å². The molecule has 3 aromatic rings. The summed E-state index contributed by atoms with van der Waals surface area (Å²) in [5, 5.41) is 1.23. The smallest absolute Gasteiger partial charge is 0.363 e. The average molecular weight is 631 g/mol. The summed E-state index contributed by atoms with van der Waals surface area (Å²) >= 11 is 24.8. The van der Waals surface area contributed by atoms with Crippen molar-refractivity contribution in [1.29, 1.82) is 0 Å².